The number of hydrogen-bond donors (Lipinski definition) is 0. The molecule has 0 radical (unpaired) electrons. The normalized spacial score (nSPS) is 19.2. The van der Waals surface area contributed by atoms with Crippen LogP contribution in [0.1, 0.15) is 315 Å². The van der Waals surface area contributed by atoms with E-state index in [0.717, 1.165) is 0 Å². The fourth-order valence-electron chi connectivity index (χ4n) is 13.9. The molecule has 1 nitrogen and oxygen atoms in total. The summed E-state index contributed by atoms with van der Waals surface area (Å²) in [6.07, 6.45) is 0. The van der Waals surface area contributed by atoms with Gasteiger partial charge in [-0.25, -0.2) is 0 Å². The van der Waals surface area contributed by atoms with Crippen LogP contribution in [0.2, 0.25) is 0 Å². The Morgan fingerprint density at radius 3 is 0.644 bits per heavy atom. The van der Waals surface area contributed by atoms with Crippen molar-refractivity contribution in [2.45, 2.75) is 251 Å². The minimum Gasteiger partial charge on any atom is -0.267 e. The third-order valence-corrected chi connectivity index (χ3v) is 65.0. The van der Waals surface area contributed by atoms with Crippen LogP contribution in [-0.4, -0.2) is 26.3 Å². The highest BCUT2D eigenvalue weighted by molar-refractivity contribution is 8.48. The second-order valence-corrected chi connectivity index (χ2v) is 53.1. The summed E-state index contributed by atoms with van der Waals surface area (Å²) in [5.41, 5.74) is 23.1. The molecule has 0 aliphatic carbocycles. The molecule has 2 aliphatic rings. The van der Waals surface area contributed by atoms with Crippen LogP contribution in [0.4, 0.5) is 5.69 Å². The van der Waals surface area contributed by atoms with Gasteiger partial charge in [-0.05, 0) is 168 Å². The van der Waals surface area contributed by atoms with Gasteiger partial charge in [0.15, 0.2) is 0 Å². The van der Waals surface area contributed by atoms with E-state index in [9.17, 15) is 0 Å². The molecular formula is C69H101NSi3. The molecule has 2 heterocycles. The molecule has 2 saturated heterocycles. The van der Waals surface area contributed by atoms with Crippen LogP contribution in [0.15, 0.2) is 71.7 Å². The van der Waals surface area contributed by atoms with E-state index < -0.39 is 21.3 Å². The van der Waals surface area contributed by atoms with Crippen LogP contribution in [-0.2, 0) is 0 Å². The Balaban J connectivity index is 2.03. The van der Waals surface area contributed by atoms with Gasteiger partial charge < -0.3 is 0 Å². The molecule has 4 heteroatoms. The van der Waals surface area contributed by atoms with Gasteiger partial charge in [-0.2, -0.15) is 0 Å². The van der Waals surface area contributed by atoms with Gasteiger partial charge in [0, 0.05) is 0 Å². The predicted octanol–water partition coefficient (Wildman–Crippen LogP) is 18.2. The maximum Gasteiger partial charge on any atom is 0.135 e. The Morgan fingerprint density at radius 1 is 0.274 bits per heavy atom. The van der Waals surface area contributed by atoms with Crippen molar-refractivity contribution in [1.82, 2.24) is 0 Å². The predicted molar refractivity (Wildman–Crippen MR) is 334 cm³/mol. The first-order valence-electron chi connectivity index (χ1n) is 29.4. The fourth-order valence-corrected chi connectivity index (χ4v) is 92.7. The van der Waals surface area contributed by atoms with Crippen molar-refractivity contribution >= 4 is 52.7 Å². The van der Waals surface area contributed by atoms with Gasteiger partial charge in [0.05, 0.1) is 5.69 Å². The molecule has 0 saturated carbocycles. The summed E-state index contributed by atoms with van der Waals surface area (Å²) in [7, 11) is -8.98. The molecule has 0 bridgehead atoms. The third kappa shape index (κ3) is 8.78. The van der Waals surface area contributed by atoms with Gasteiger partial charge in [-0.1, -0.05) is 254 Å². The highest BCUT2D eigenvalue weighted by Crippen LogP contribution is 2.70. The third-order valence-electron chi connectivity index (χ3n) is 18.0. The van der Waals surface area contributed by atoms with E-state index in [-0.39, 0.29) is 0 Å². The van der Waals surface area contributed by atoms with Crippen molar-refractivity contribution in [3.63, 3.8) is 0 Å². The van der Waals surface area contributed by atoms with Crippen LogP contribution in [0.25, 0.3) is 0 Å². The lowest BCUT2D eigenvalue weighted by molar-refractivity contribution is 0.809. The Morgan fingerprint density at radius 2 is 0.466 bits per heavy atom. The Kier molecular flexibility index (Phi) is 16.2. The molecule has 0 spiro atoms. The largest absolute Gasteiger partial charge is 0.267 e. The molecule has 7 rings (SSSR count). The number of hydrogen-bond acceptors (Lipinski definition) is 1. The fraction of sp³-hybridized carbons (Fsp3) is 0.551. The van der Waals surface area contributed by atoms with E-state index in [1.807, 2.05) is 20.7 Å². The highest BCUT2D eigenvalue weighted by Gasteiger charge is 3.11. The van der Waals surface area contributed by atoms with Crippen molar-refractivity contribution in [2.75, 3.05) is 0 Å². The summed E-state index contributed by atoms with van der Waals surface area (Å²) in [5.74, 6) is 4.64. The van der Waals surface area contributed by atoms with Crippen LogP contribution in [0.3, 0.4) is 0 Å². The number of aliphatic imine (C=N–C) groups is 1. The number of aryl methyl sites for hydroxylation is 2. The van der Waals surface area contributed by atoms with E-state index in [1.54, 1.807) is 49.5 Å². The molecule has 5 aromatic rings. The summed E-state index contributed by atoms with van der Waals surface area (Å²) in [6.45, 7) is 64.9. The summed E-state index contributed by atoms with van der Waals surface area (Å²) >= 11 is 0. The van der Waals surface area contributed by atoms with Crippen LogP contribution in [0, 0.1) is 13.8 Å². The summed E-state index contributed by atoms with van der Waals surface area (Å²) in [5, 5.41) is 7.38. The van der Waals surface area contributed by atoms with E-state index in [0.29, 0.717) is 71.0 Å². The molecule has 73 heavy (non-hydrogen) atoms. The maximum absolute atomic E-state index is 6.63. The number of para-hydroxylation sites is 1. The zero-order valence-electron chi connectivity index (χ0n) is 51.2. The highest BCUT2D eigenvalue weighted by atomic mass is 30.2. The van der Waals surface area contributed by atoms with Gasteiger partial charge in [0.1, 0.15) is 21.3 Å². The molecule has 0 amide bonds. The molecule has 0 aromatic heterocycles. The standard InChI is InChI=1S/C69H101NSi3/c1-38(2)52-30-56(42(9)10)65(57(31-52)43(11)12)71(66-58(44(13)14)32-53(39(3)4)33-59(66)45(15)16)72(67-60(46(17)18)34-54(40(5)6)35-61(67)47(19)20)69(70-64-50(25)28-27-29-51(64)26)73(71,72)68-62(48(21)22)36-55(41(7)8)37-63(68)49(23)24/h27-49H,1-26H3/t72-,73+. The Bertz CT molecular complexity index is 2610. The number of benzene rings is 5. The van der Waals surface area contributed by atoms with E-state index in [2.05, 4.69) is 247 Å². The van der Waals surface area contributed by atoms with Crippen molar-refractivity contribution in [2.24, 2.45) is 4.99 Å². The van der Waals surface area contributed by atoms with Gasteiger partial charge in [0.2, 0.25) is 0 Å². The zero-order chi connectivity index (χ0) is 54.5. The Hall–Kier alpha value is -3.58. The quantitative estimate of drug-likeness (QED) is 0.0823. The topological polar surface area (TPSA) is 12.4 Å². The van der Waals surface area contributed by atoms with Crippen LogP contribution in [0.5, 0.6) is 0 Å². The summed E-state index contributed by atoms with van der Waals surface area (Å²) in [6, 6.07) is 29.0. The monoisotopic (exact) mass is 1030 g/mol. The van der Waals surface area contributed by atoms with Gasteiger partial charge in [-0.15, -0.1) is 0 Å². The average molecular weight is 1030 g/mol. The summed E-state index contributed by atoms with van der Waals surface area (Å²) < 4.78 is 0. The summed E-state index contributed by atoms with van der Waals surface area (Å²) in [4.78, 5) is 8.35. The van der Waals surface area contributed by atoms with E-state index in [4.69, 9.17) is 4.99 Å². The second-order valence-electron chi connectivity index (χ2n) is 27.1. The molecule has 0 N–H and O–H groups in total. The molecule has 394 valence electrons. The lowest BCUT2D eigenvalue weighted by atomic mass is 9.89. The SMILES string of the molecule is Cc1cccc(C)c1N=C1[Si@]2(c3c(C(C)C)cc(C(C)C)cc3C(C)C)[Si](c3c(C(C)C)cc(C(C)C)cc3C(C)C)(c3c(C(C)C)cc(C(C)C)cc3C(C)C)[Si@]12c1c(C(C)C)cc(C(C)C)cc1C(C)C. The minimum atomic E-state index is -3.04. The number of fused-ring (bicyclic) bond motifs is 1. The molecule has 0 unspecified atom stereocenters. The van der Waals surface area contributed by atoms with Gasteiger partial charge in [0.25, 0.3) is 0 Å². The molecular weight excluding hydrogens is 927 g/mol. The van der Waals surface area contributed by atoms with Crippen molar-refractivity contribution in [3.8, 4) is 0 Å². The first-order valence-corrected chi connectivity index (χ1v) is 38.4. The van der Waals surface area contributed by atoms with Crippen molar-refractivity contribution < 1.29 is 0 Å². The molecule has 2 aliphatic heterocycles. The lowest BCUT2D eigenvalue weighted by Gasteiger charge is -2.42. The molecule has 2 atom stereocenters. The number of rotatable bonds is 17. The van der Waals surface area contributed by atoms with Crippen molar-refractivity contribution in [1.29, 1.82) is 0 Å². The average Bonchev–Trinajstić information content (AvgIpc) is 4.11. The maximum atomic E-state index is 6.63. The molecule has 5 aromatic carbocycles. The van der Waals surface area contributed by atoms with Gasteiger partial charge in [-0.3, -0.25) is 4.99 Å². The Labute approximate surface area is 450 Å². The smallest absolute Gasteiger partial charge is 0.135 e. The first-order chi connectivity index (χ1) is 34.0. The number of nitrogens with zero attached hydrogens (tertiary/aromatic N) is 1. The minimum absolute atomic E-state index is 0.362. The van der Waals surface area contributed by atoms with Gasteiger partial charge >= 0.3 is 0 Å². The van der Waals surface area contributed by atoms with E-state index in [1.165, 1.54) is 39.1 Å². The second kappa shape index (κ2) is 20.8. The van der Waals surface area contributed by atoms with Crippen molar-refractivity contribution in [3.05, 3.63) is 145 Å². The van der Waals surface area contributed by atoms with Crippen LogP contribution >= 0.6 is 0 Å². The van der Waals surface area contributed by atoms with E-state index >= 15 is 0 Å². The molecule has 2 fully saturated rings. The van der Waals surface area contributed by atoms with Crippen LogP contribution < -0.4 is 20.7 Å². The first kappa shape index (κ1) is 57.1. The zero-order valence-corrected chi connectivity index (χ0v) is 54.2. The lowest BCUT2D eigenvalue weighted by Crippen LogP contribution is -2.74.